The SMILES string of the molecule is CC(C)n1c(Br)nc(C(=O)O)c1C(NC1C=CC(Cl)=CN1)c1ccc(Cl)cc1. The number of dihydropyridines is 1. The average molecular weight is 486 g/mol. The van der Waals surface area contributed by atoms with Crippen molar-refractivity contribution < 1.29 is 9.90 Å². The lowest BCUT2D eigenvalue weighted by atomic mass is 10.0. The Morgan fingerprint density at radius 2 is 2.00 bits per heavy atom. The van der Waals surface area contributed by atoms with Gasteiger partial charge in [0, 0.05) is 17.3 Å². The van der Waals surface area contributed by atoms with Crippen LogP contribution in [0.5, 0.6) is 0 Å². The highest BCUT2D eigenvalue weighted by atomic mass is 79.9. The minimum Gasteiger partial charge on any atom is -0.476 e. The summed E-state index contributed by atoms with van der Waals surface area (Å²) in [6.45, 7) is 3.95. The highest BCUT2D eigenvalue weighted by Crippen LogP contribution is 2.32. The quantitative estimate of drug-likeness (QED) is 0.546. The van der Waals surface area contributed by atoms with E-state index in [9.17, 15) is 9.90 Å². The van der Waals surface area contributed by atoms with Gasteiger partial charge in [-0.15, -0.1) is 0 Å². The largest absolute Gasteiger partial charge is 0.476 e. The van der Waals surface area contributed by atoms with Crippen molar-refractivity contribution in [1.29, 1.82) is 0 Å². The lowest BCUT2D eigenvalue weighted by Gasteiger charge is -2.28. The second-order valence-corrected chi connectivity index (χ2v) is 8.15. The summed E-state index contributed by atoms with van der Waals surface area (Å²) >= 11 is 15.4. The Bertz CT molecular complexity index is 938. The van der Waals surface area contributed by atoms with Gasteiger partial charge in [0.05, 0.1) is 22.9 Å². The molecule has 1 aliphatic heterocycles. The number of nitrogens with zero attached hydrogens (tertiary/aromatic N) is 2. The van der Waals surface area contributed by atoms with Gasteiger partial charge < -0.3 is 15.0 Å². The van der Waals surface area contributed by atoms with Crippen LogP contribution in [-0.2, 0) is 0 Å². The van der Waals surface area contributed by atoms with E-state index in [-0.39, 0.29) is 17.9 Å². The first-order chi connectivity index (χ1) is 13.3. The van der Waals surface area contributed by atoms with Crippen LogP contribution in [0.2, 0.25) is 5.02 Å². The van der Waals surface area contributed by atoms with E-state index in [1.54, 1.807) is 24.4 Å². The number of rotatable bonds is 6. The summed E-state index contributed by atoms with van der Waals surface area (Å²) in [6, 6.07) is 6.82. The number of benzene rings is 1. The summed E-state index contributed by atoms with van der Waals surface area (Å²) < 4.78 is 2.33. The molecule has 2 unspecified atom stereocenters. The summed E-state index contributed by atoms with van der Waals surface area (Å²) in [5, 5.41) is 17.5. The van der Waals surface area contributed by atoms with Gasteiger partial charge in [0.2, 0.25) is 0 Å². The minimum absolute atomic E-state index is 0.00854. The first-order valence-corrected chi connectivity index (χ1v) is 10.1. The monoisotopic (exact) mass is 484 g/mol. The normalized spacial score (nSPS) is 17.4. The van der Waals surface area contributed by atoms with Crippen LogP contribution in [0.4, 0.5) is 0 Å². The molecule has 0 fully saturated rings. The first-order valence-electron chi connectivity index (χ1n) is 8.60. The molecule has 3 rings (SSSR count). The number of carboxylic acid groups (broad SMARTS) is 1. The molecule has 6 nitrogen and oxygen atoms in total. The van der Waals surface area contributed by atoms with E-state index in [1.165, 1.54) is 0 Å². The Kier molecular flexibility index (Phi) is 6.50. The molecule has 3 N–H and O–H groups in total. The Morgan fingerprint density at radius 3 is 2.54 bits per heavy atom. The molecule has 2 heterocycles. The maximum Gasteiger partial charge on any atom is 0.356 e. The van der Waals surface area contributed by atoms with Crippen LogP contribution in [0, 0.1) is 0 Å². The third-order valence-electron chi connectivity index (χ3n) is 4.30. The molecule has 0 saturated heterocycles. The number of allylic oxidation sites excluding steroid dienone is 2. The molecule has 2 aromatic rings. The number of aromatic carboxylic acids is 1. The molecule has 0 amide bonds. The summed E-state index contributed by atoms with van der Waals surface area (Å²) in [5.74, 6) is -1.09. The molecule has 148 valence electrons. The Hall–Kier alpha value is -1.80. The zero-order chi connectivity index (χ0) is 20.4. The van der Waals surface area contributed by atoms with E-state index in [0.29, 0.717) is 20.5 Å². The fourth-order valence-electron chi connectivity index (χ4n) is 3.07. The number of nitrogens with one attached hydrogen (secondary N) is 2. The Labute approximate surface area is 181 Å². The molecule has 0 aliphatic carbocycles. The van der Waals surface area contributed by atoms with Gasteiger partial charge in [-0.3, -0.25) is 5.32 Å². The van der Waals surface area contributed by atoms with Crippen LogP contribution >= 0.6 is 39.1 Å². The van der Waals surface area contributed by atoms with Crippen LogP contribution < -0.4 is 10.6 Å². The lowest BCUT2D eigenvalue weighted by Crippen LogP contribution is -2.42. The molecule has 0 bridgehead atoms. The summed E-state index contributed by atoms with van der Waals surface area (Å²) in [5.41, 5.74) is 1.39. The van der Waals surface area contributed by atoms with E-state index in [1.807, 2.05) is 36.6 Å². The zero-order valence-corrected chi connectivity index (χ0v) is 18.3. The van der Waals surface area contributed by atoms with E-state index < -0.39 is 12.0 Å². The van der Waals surface area contributed by atoms with E-state index in [2.05, 4.69) is 31.5 Å². The number of imidazole rings is 1. The molecular weight excluding hydrogens is 467 g/mol. The van der Waals surface area contributed by atoms with Crippen molar-refractivity contribution in [2.75, 3.05) is 0 Å². The van der Waals surface area contributed by atoms with Gasteiger partial charge in [0.25, 0.3) is 0 Å². The number of halogens is 3. The standard InChI is InChI=1S/C19H19BrCl2N4O2/c1-10(2)26-17(16(18(27)28)25-19(26)20)15(11-3-5-12(21)6-4-11)24-14-8-7-13(22)9-23-14/h3-10,14-15,23-24H,1-2H3,(H,27,28). The number of carboxylic acids is 1. The molecule has 0 spiro atoms. The van der Waals surface area contributed by atoms with Crippen molar-refractivity contribution in [2.45, 2.75) is 32.1 Å². The van der Waals surface area contributed by atoms with Crippen molar-refractivity contribution >= 4 is 45.1 Å². The van der Waals surface area contributed by atoms with Gasteiger partial charge in [0.15, 0.2) is 10.4 Å². The van der Waals surface area contributed by atoms with Crippen LogP contribution in [0.25, 0.3) is 0 Å². The zero-order valence-electron chi connectivity index (χ0n) is 15.2. The van der Waals surface area contributed by atoms with Crippen molar-refractivity contribution in [2.24, 2.45) is 0 Å². The summed E-state index contributed by atoms with van der Waals surface area (Å²) in [4.78, 5) is 16.2. The predicted molar refractivity (Wildman–Crippen MR) is 114 cm³/mol. The molecule has 0 saturated carbocycles. The summed E-state index contributed by atoms with van der Waals surface area (Å²) in [7, 11) is 0. The van der Waals surface area contributed by atoms with Gasteiger partial charge >= 0.3 is 5.97 Å². The second kappa shape index (κ2) is 8.69. The molecule has 1 aromatic heterocycles. The number of carbonyl (C=O) groups is 1. The van der Waals surface area contributed by atoms with Crippen molar-refractivity contribution in [1.82, 2.24) is 20.2 Å². The molecule has 1 aromatic carbocycles. The van der Waals surface area contributed by atoms with Gasteiger partial charge in [-0.1, -0.05) is 35.3 Å². The van der Waals surface area contributed by atoms with Crippen LogP contribution in [0.1, 0.15) is 47.7 Å². The second-order valence-electron chi connectivity index (χ2n) is 6.57. The van der Waals surface area contributed by atoms with Gasteiger partial charge in [-0.2, -0.15) is 0 Å². The fraction of sp³-hybridized carbons (Fsp3) is 0.263. The third-order valence-corrected chi connectivity index (χ3v) is 5.34. The number of hydrogen-bond acceptors (Lipinski definition) is 4. The maximum atomic E-state index is 11.9. The van der Waals surface area contributed by atoms with Crippen LogP contribution in [-0.4, -0.2) is 26.8 Å². The molecule has 1 aliphatic rings. The lowest BCUT2D eigenvalue weighted by molar-refractivity contribution is 0.0688. The Morgan fingerprint density at radius 1 is 1.32 bits per heavy atom. The molecule has 9 heteroatoms. The smallest absolute Gasteiger partial charge is 0.356 e. The number of aromatic nitrogens is 2. The Balaban J connectivity index is 2.12. The van der Waals surface area contributed by atoms with Gasteiger partial charge in [0.1, 0.15) is 0 Å². The van der Waals surface area contributed by atoms with Crippen LogP contribution in [0.3, 0.4) is 0 Å². The maximum absolute atomic E-state index is 11.9. The predicted octanol–water partition coefficient (Wildman–Crippen LogP) is 4.82. The third kappa shape index (κ3) is 4.43. The minimum atomic E-state index is -1.09. The van der Waals surface area contributed by atoms with Crippen LogP contribution in [0.15, 0.2) is 52.4 Å². The van der Waals surface area contributed by atoms with Gasteiger partial charge in [-0.25, -0.2) is 9.78 Å². The fourth-order valence-corrected chi connectivity index (χ4v) is 4.11. The molecule has 0 radical (unpaired) electrons. The highest BCUT2D eigenvalue weighted by molar-refractivity contribution is 9.10. The van der Waals surface area contributed by atoms with Crippen molar-refractivity contribution in [3.63, 3.8) is 0 Å². The first kappa shape index (κ1) is 20.9. The summed E-state index contributed by atoms with van der Waals surface area (Å²) in [6.07, 6.45) is 5.09. The van der Waals surface area contributed by atoms with Gasteiger partial charge in [-0.05, 0) is 59.6 Å². The van der Waals surface area contributed by atoms with E-state index in [0.717, 1.165) is 5.56 Å². The molecule has 28 heavy (non-hydrogen) atoms. The van der Waals surface area contributed by atoms with Crippen molar-refractivity contribution in [3.8, 4) is 0 Å². The van der Waals surface area contributed by atoms with E-state index in [4.69, 9.17) is 23.2 Å². The topological polar surface area (TPSA) is 79.2 Å². The number of hydrogen-bond donors (Lipinski definition) is 3. The average Bonchev–Trinajstić information content (AvgIpc) is 2.99. The van der Waals surface area contributed by atoms with E-state index >= 15 is 0 Å². The highest BCUT2D eigenvalue weighted by Gasteiger charge is 2.31. The van der Waals surface area contributed by atoms with Crippen molar-refractivity contribution in [3.05, 3.63) is 74.4 Å². The molecule has 2 atom stereocenters. The molecular formula is C19H19BrCl2N4O2.